The van der Waals surface area contributed by atoms with Crippen LogP contribution in [-0.4, -0.2) is 16.9 Å². The van der Waals surface area contributed by atoms with Gasteiger partial charge in [-0.05, 0) is 83.7 Å². The second kappa shape index (κ2) is 6.32. The van der Waals surface area contributed by atoms with E-state index in [1.807, 2.05) is 6.08 Å². The van der Waals surface area contributed by atoms with Gasteiger partial charge in [-0.2, -0.15) is 0 Å². The third-order valence-corrected chi connectivity index (χ3v) is 9.33. The molecule has 4 rings (SSSR count). The normalized spacial score (nSPS) is 46.9. The van der Waals surface area contributed by atoms with E-state index < -0.39 is 5.97 Å². The van der Waals surface area contributed by atoms with Gasteiger partial charge in [0.2, 0.25) is 0 Å². The molecular weight excluding hydrogens is 336 g/mol. The fourth-order valence-corrected chi connectivity index (χ4v) is 7.76. The third-order valence-electron chi connectivity index (χ3n) is 9.33. The van der Waals surface area contributed by atoms with E-state index in [4.69, 9.17) is 0 Å². The summed E-state index contributed by atoms with van der Waals surface area (Å²) in [7, 11) is 0. The molecule has 1 unspecified atom stereocenters. The molecule has 1 N–H and O–H groups in total. The third kappa shape index (κ3) is 2.68. The van der Waals surface area contributed by atoms with Crippen molar-refractivity contribution in [1.82, 2.24) is 0 Å². The van der Waals surface area contributed by atoms with E-state index in [0.717, 1.165) is 0 Å². The number of rotatable bonds is 3. The van der Waals surface area contributed by atoms with Crippen LogP contribution < -0.4 is 0 Å². The van der Waals surface area contributed by atoms with Crippen LogP contribution in [0.15, 0.2) is 23.8 Å². The first kappa shape index (κ1) is 19.0. The van der Waals surface area contributed by atoms with Crippen molar-refractivity contribution in [2.24, 2.45) is 46.3 Å². The molecule has 0 saturated heterocycles. The predicted molar refractivity (Wildman–Crippen MR) is 106 cm³/mol. The molecule has 148 valence electrons. The molecule has 0 aromatic carbocycles. The van der Waals surface area contributed by atoms with Crippen LogP contribution in [0.3, 0.4) is 0 Å². The highest BCUT2D eigenvalue weighted by Gasteiger charge is 2.59. The minimum Gasteiger partial charge on any atom is -0.481 e. The monoisotopic (exact) mass is 370 g/mol. The van der Waals surface area contributed by atoms with E-state index in [1.54, 1.807) is 0 Å². The van der Waals surface area contributed by atoms with Crippen LogP contribution in [0.4, 0.5) is 0 Å². The van der Waals surface area contributed by atoms with E-state index in [1.165, 1.54) is 31.3 Å². The van der Waals surface area contributed by atoms with Gasteiger partial charge < -0.3 is 5.11 Å². The van der Waals surface area contributed by atoms with Crippen LogP contribution >= 0.6 is 0 Å². The predicted octanol–water partition coefficient (Wildman–Crippen LogP) is 5.27. The summed E-state index contributed by atoms with van der Waals surface area (Å²) in [4.78, 5) is 23.4. The maximum absolute atomic E-state index is 12.1. The lowest BCUT2D eigenvalue weighted by atomic mass is 9.46. The van der Waals surface area contributed by atoms with E-state index in [0.29, 0.717) is 42.4 Å². The average Bonchev–Trinajstić information content (AvgIpc) is 2.93. The van der Waals surface area contributed by atoms with E-state index in [9.17, 15) is 14.7 Å². The minimum absolute atomic E-state index is 0.111. The Morgan fingerprint density at radius 2 is 2.00 bits per heavy atom. The Morgan fingerprint density at radius 1 is 1.26 bits per heavy atom. The molecule has 3 heteroatoms. The lowest BCUT2D eigenvalue weighted by Crippen LogP contribution is -2.51. The van der Waals surface area contributed by atoms with Crippen LogP contribution in [0.2, 0.25) is 0 Å². The summed E-state index contributed by atoms with van der Waals surface area (Å²) in [6.45, 7) is 9.26. The zero-order valence-corrected chi connectivity index (χ0v) is 17.2. The fourth-order valence-electron chi connectivity index (χ4n) is 7.76. The van der Waals surface area contributed by atoms with Crippen molar-refractivity contribution in [1.29, 1.82) is 0 Å². The smallest absolute Gasteiger partial charge is 0.303 e. The number of aliphatic carboxylic acids is 1. The Kier molecular flexibility index (Phi) is 4.44. The molecule has 0 aliphatic heterocycles. The zero-order chi connectivity index (χ0) is 19.6. The van der Waals surface area contributed by atoms with Crippen molar-refractivity contribution in [3.05, 3.63) is 23.8 Å². The van der Waals surface area contributed by atoms with Gasteiger partial charge in [-0.15, -0.1) is 0 Å². The van der Waals surface area contributed by atoms with Gasteiger partial charge in [0.05, 0.1) is 0 Å². The number of allylic oxidation sites excluding steroid dienone is 4. The second-order valence-corrected chi connectivity index (χ2v) is 10.4. The molecule has 0 heterocycles. The van der Waals surface area contributed by atoms with Crippen LogP contribution in [-0.2, 0) is 9.59 Å². The van der Waals surface area contributed by atoms with Crippen molar-refractivity contribution >= 4 is 11.8 Å². The quantitative estimate of drug-likeness (QED) is 0.736. The van der Waals surface area contributed by atoms with Crippen LogP contribution in [0.5, 0.6) is 0 Å². The van der Waals surface area contributed by atoms with Gasteiger partial charge >= 0.3 is 5.97 Å². The highest BCUT2D eigenvalue weighted by Crippen LogP contribution is 2.67. The molecule has 4 aliphatic carbocycles. The fraction of sp³-hybridized carbons (Fsp3) is 0.750. The summed E-state index contributed by atoms with van der Waals surface area (Å²) in [5, 5.41) is 9.28. The van der Waals surface area contributed by atoms with Gasteiger partial charge in [0.15, 0.2) is 5.78 Å². The van der Waals surface area contributed by atoms with E-state index >= 15 is 0 Å². The molecule has 0 amide bonds. The number of carbonyl (C=O) groups is 2. The number of carbonyl (C=O) groups excluding carboxylic acids is 1. The topological polar surface area (TPSA) is 54.4 Å². The van der Waals surface area contributed by atoms with Gasteiger partial charge in [0.25, 0.3) is 0 Å². The Labute approximate surface area is 163 Å². The van der Waals surface area contributed by atoms with Crippen molar-refractivity contribution in [2.45, 2.75) is 66.2 Å². The van der Waals surface area contributed by atoms with Crippen LogP contribution in [0.1, 0.15) is 66.2 Å². The maximum atomic E-state index is 12.1. The Morgan fingerprint density at radius 3 is 2.70 bits per heavy atom. The first-order valence-corrected chi connectivity index (χ1v) is 10.8. The van der Waals surface area contributed by atoms with E-state index in [-0.39, 0.29) is 22.5 Å². The molecule has 27 heavy (non-hydrogen) atoms. The molecular formula is C24H34O3. The van der Waals surface area contributed by atoms with Crippen molar-refractivity contribution in [2.75, 3.05) is 0 Å². The highest BCUT2D eigenvalue weighted by molar-refractivity contribution is 5.92. The molecule has 8 atom stereocenters. The molecule has 2 fully saturated rings. The van der Waals surface area contributed by atoms with Gasteiger partial charge in [0, 0.05) is 12.8 Å². The average molecular weight is 371 g/mol. The zero-order valence-electron chi connectivity index (χ0n) is 17.2. The number of carboxylic acids is 1. The van der Waals surface area contributed by atoms with Crippen LogP contribution in [0.25, 0.3) is 0 Å². The Balaban J connectivity index is 1.66. The number of hydrogen-bond donors (Lipinski definition) is 1. The molecule has 0 bridgehead atoms. The molecule has 2 saturated carbocycles. The Bertz CT molecular complexity index is 719. The summed E-state index contributed by atoms with van der Waals surface area (Å²) < 4.78 is 0. The molecule has 0 aromatic rings. The molecule has 3 nitrogen and oxygen atoms in total. The summed E-state index contributed by atoms with van der Waals surface area (Å²) >= 11 is 0. The standard InChI is InChI=1S/C24H34O3/c1-14(11-22(26)27)19-7-8-20-18-6-5-16-13-17(25)12-15(2)24(16,4)21(18)9-10-23(19,20)3/h5-6,13-15,18-21H,7-12H2,1-4H3,(H,26,27)/t14-,15?,18+,19-,20+,21+,23-,24+/m1/s1. The van der Waals surface area contributed by atoms with Gasteiger partial charge in [-0.3, -0.25) is 9.59 Å². The summed E-state index contributed by atoms with van der Waals surface area (Å²) in [5.41, 5.74) is 1.62. The number of carboxylic acid groups (broad SMARTS) is 1. The summed E-state index contributed by atoms with van der Waals surface area (Å²) in [6, 6.07) is 0. The molecule has 4 aliphatic rings. The first-order chi connectivity index (χ1) is 12.7. The second-order valence-electron chi connectivity index (χ2n) is 10.4. The van der Waals surface area contributed by atoms with Crippen molar-refractivity contribution in [3.8, 4) is 0 Å². The van der Waals surface area contributed by atoms with Crippen LogP contribution in [0, 0.1) is 46.3 Å². The van der Waals surface area contributed by atoms with Crippen molar-refractivity contribution in [3.63, 3.8) is 0 Å². The summed E-state index contributed by atoms with van der Waals surface area (Å²) in [5.74, 6) is 2.62. The lowest BCUT2D eigenvalue weighted by Gasteiger charge is -2.58. The van der Waals surface area contributed by atoms with Gasteiger partial charge in [-0.1, -0.05) is 39.8 Å². The van der Waals surface area contributed by atoms with Crippen molar-refractivity contribution < 1.29 is 14.7 Å². The molecule has 0 spiro atoms. The number of fused-ring (bicyclic) bond motifs is 5. The molecule has 0 radical (unpaired) electrons. The Hall–Kier alpha value is -1.38. The SMILES string of the molecule is CC1CC(=O)C=C2C=C[C@H]3[C@@H]4CC[C@H]([C@H](C)CC(=O)O)[C@@]4(C)CC[C@@H]3[C@]21C. The summed E-state index contributed by atoms with van der Waals surface area (Å²) in [6.07, 6.45) is 12.3. The lowest BCUT2D eigenvalue weighted by molar-refractivity contribution is -0.139. The first-order valence-electron chi connectivity index (χ1n) is 10.8. The minimum atomic E-state index is -0.663. The van der Waals surface area contributed by atoms with E-state index in [2.05, 4.69) is 39.8 Å². The largest absolute Gasteiger partial charge is 0.481 e. The highest BCUT2D eigenvalue weighted by atomic mass is 16.4. The number of ketones is 1. The number of hydrogen-bond acceptors (Lipinski definition) is 2. The molecule has 0 aromatic heterocycles. The van der Waals surface area contributed by atoms with Gasteiger partial charge in [-0.25, -0.2) is 0 Å². The van der Waals surface area contributed by atoms with Gasteiger partial charge in [0.1, 0.15) is 0 Å². The maximum Gasteiger partial charge on any atom is 0.303 e.